The molecule has 0 bridgehead atoms. The minimum Gasteiger partial charge on any atom is -0.355 e. The minimum atomic E-state index is -4.24. The number of hydrogen-bond donors (Lipinski definition) is 2. The van der Waals surface area contributed by atoms with Crippen LogP contribution in [-0.2, 0) is 4.79 Å². The van der Waals surface area contributed by atoms with Gasteiger partial charge in [0.2, 0.25) is 5.91 Å². The van der Waals surface area contributed by atoms with Crippen molar-refractivity contribution < 1.29 is 18.0 Å². The van der Waals surface area contributed by atoms with E-state index < -0.39 is 24.4 Å². The first-order valence-electron chi connectivity index (χ1n) is 5.60. The number of carbonyl (C=O) groups is 1. The lowest BCUT2D eigenvalue weighted by molar-refractivity contribution is -0.136. The topological polar surface area (TPSA) is 55.1 Å². The molecule has 0 radical (unpaired) electrons. The smallest absolute Gasteiger partial charge is 0.355 e. The van der Waals surface area contributed by atoms with E-state index in [9.17, 15) is 18.0 Å². The van der Waals surface area contributed by atoms with Gasteiger partial charge in [0.25, 0.3) is 0 Å². The Bertz CT molecular complexity index is 246. The summed E-state index contributed by atoms with van der Waals surface area (Å²) in [6.07, 6.45) is -4.69. The summed E-state index contributed by atoms with van der Waals surface area (Å²) in [6.45, 7) is 5.63. The van der Waals surface area contributed by atoms with Crippen LogP contribution in [0.1, 0.15) is 33.6 Å². The molecule has 0 aliphatic carbocycles. The molecule has 1 unspecified atom stereocenters. The van der Waals surface area contributed by atoms with Crippen molar-refractivity contribution in [1.82, 2.24) is 5.32 Å². The van der Waals surface area contributed by atoms with Crippen LogP contribution >= 0.6 is 0 Å². The molecule has 0 saturated heterocycles. The third-order valence-electron chi connectivity index (χ3n) is 2.22. The van der Waals surface area contributed by atoms with E-state index in [-0.39, 0.29) is 18.5 Å². The lowest BCUT2D eigenvalue weighted by atomic mass is 9.84. The molecule has 1 atom stereocenters. The number of halogens is 3. The Morgan fingerprint density at radius 1 is 1.29 bits per heavy atom. The van der Waals surface area contributed by atoms with Gasteiger partial charge < -0.3 is 11.1 Å². The number of nitrogens with one attached hydrogen (secondary N) is 1. The summed E-state index contributed by atoms with van der Waals surface area (Å²) < 4.78 is 35.7. The van der Waals surface area contributed by atoms with E-state index >= 15 is 0 Å². The van der Waals surface area contributed by atoms with Crippen molar-refractivity contribution in [2.24, 2.45) is 17.1 Å². The number of amides is 1. The Kier molecular flexibility index (Phi) is 5.95. The first-order valence-corrected chi connectivity index (χ1v) is 5.60. The average Bonchev–Trinajstić information content (AvgIpc) is 2.10. The van der Waals surface area contributed by atoms with E-state index in [1.165, 1.54) is 0 Å². The van der Waals surface area contributed by atoms with Crippen molar-refractivity contribution in [3.63, 3.8) is 0 Å². The Labute approximate surface area is 99.9 Å². The summed E-state index contributed by atoms with van der Waals surface area (Å²) >= 11 is 0. The standard InChI is InChI=1S/C11H21F3N2O/c1-10(2,3)6-8(7-15)9(17)16-5-4-11(12,13)14/h8H,4-7,15H2,1-3H3,(H,16,17). The lowest BCUT2D eigenvalue weighted by Crippen LogP contribution is -2.38. The maximum Gasteiger partial charge on any atom is 0.390 e. The van der Waals surface area contributed by atoms with Crippen LogP contribution in [0.4, 0.5) is 13.2 Å². The van der Waals surface area contributed by atoms with Crippen LogP contribution in [0.15, 0.2) is 0 Å². The van der Waals surface area contributed by atoms with E-state index in [1.807, 2.05) is 20.8 Å². The van der Waals surface area contributed by atoms with Crippen LogP contribution in [0.2, 0.25) is 0 Å². The first-order chi connectivity index (χ1) is 7.55. The Morgan fingerprint density at radius 3 is 2.18 bits per heavy atom. The second kappa shape index (κ2) is 6.23. The summed E-state index contributed by atoms with van der Waals surface area (Å²) in [5.74, 6) is -0.824. The predicted molar refractivity (Wildman–Crippen MR) is 60.3 cm³/mol. The van der Waals surface area contributed by atoms with Gasteiger partial charge in [0.05, 0.1) is 12.3 Å². The molecule has 0 aromatic carbocycles. The largest absolute Gasteiger partial charge is 0.390 e. The van der Waals surface area contributed by atoms with Gasteiger partial charge in [0.1, 0.15) is 0 Å². The summed E-state index contributed by atoms with van der Waals surface area (Å²) in [5, 5.41) is 2.27. The van der Waals surface area contributed by atoms with Crippen LogP contribution in [0, 0.1) is 11.3 Å². The van der Waals surface area contributed by atoms with E-state index in [0.29, 0.717) is 6.42 Å². The quantitative estimate of drug-likeness (QED) is 0.789. The molecule has 0 heterocycles. The van der Waals surface area contributed by atoms with E-state index in [2.05, 4.69) is 5.32 Å². The fourth-order valence-electron chi connectivity index (χ4n) is 1.49. The molecule has 0 saturated carbocycles. The highest BCUT2D eigenvalue weighted by molar-refractivity contribution is 5.78. The van der Waals surface area contributed by atoms with Crippen LogP contribution in [0.25, 0.3) is 0 Å². The number of nitrogens with two attached hydrogens (primary N) is 1. The molecule has 0 rings (SSSR count). The Hall–Kier alpha value is -0.780. The maximum absolute atomic E-state index is 11.9. The molecule has 6 heteroatoms. The minimum absolute atomic E-state index is 0.0780. The van der Waals surface area contributed by atoms with Crippen LogP contribution in [-0.4, -0.2) is 25.2 Å². The molecule has 0 aromatic rings. The van der Waals surface area contributed by atoms with Crippen molar-refractivity contribution in [3.8, 4) is 0 Å². The highest BCUT2D eigenvalue weighted by Crippen LogP contribution is 2.24. The normalized spacial score (nSPS) is 14.5. The number of carbonyl (C=O) groups excluding carboxylic acids is 1. The molecule has 1 amide bonds. The SMILES string of the molecule is CC(C)(C)CC(CN)C(=O)NCCC(F)(F)F. The van der Waals surface area contributed by atoms with Crippen molar-refractivity contribution >= 4 is 5.91 Å². The summed E-state index contributed by atoms with van der Waals surface area (Å²) in [4.78, 5) is 11.6. The highest BCUT2D eigenvalue weighted by atomic mass is 19.4. The molecule has 0 aromatic heterocycles. The van der Waals surface area contributed by atoms with Crippen molar-refractivity contribution in [2.75, 3.05) is 13.1 Å². The van der Waals surface area contributed by atoms with Crippen LogP contribution in [0.3, 0.4) is 0 Å². The zero-order valence-corrected chi connectivity index (χ0v) is 10.5. The van der Waals surface area contributed by atoms with Crippen molar-refractivity contribution in [1.29, 1.82) is 0 Å². The molecule has 0 aliphatic heterocycles. The molecular weight excluding hydrogens is 233 g/mol. The predicted octanol–water partition coefficient (Wildman–Crippen LogP) is 2.07. The van der Waals surface area contributed by atoms with Gasteiger partial charge in [-0.25, -0.2) is 0 Å². The molecule has 0 fully saturated rings. The second-order valence-corrected chi connectivity index (χ2v) is 5.35. The molecule has 102 valence electrons. The fraction of sp³-hybridized carbons (Fsp3) is 0.909. The Balaban J connectivity index is 4.10. The van der Waals surface area contributed by atoms with E-state index in [4.69, 9.17) is 5.73 Å². The Morgan fingerprint density at radius 2 is 1.82 bits per heavy atom. The molecule has 3 N–H and O–H groups in total. The number of hydrogen-bond acceptors (Lipinski definition) is 2. The third-order valence-corrected chi connectivity index (χ3v) is 2.22. The zero-order valence-electron chi connectivity index (χ0n) is 10.5. The second-order valence-electron chi connectivity index (χ2n) is 5.35. The average molecular weight is 254 g/mol. The third kappa shape index (κ3) is 8.97. The van der Waals surface area contributed by atoms with Gasteiger partial charge in [-0.05, 0) is 11.8 Å². The van der Waals surface area contributed by atoms with Gasteiger partial charge in [0, 0.05) is 13.1 Å². The highest BCUT2D eigenvalue weighted by Gasteiger charge is 2.28. The van der Waals surface area contributed by atoms with Gasteiger partial charge in [-0.2, -0.15) is 13.2 Å². The van der Waals surface area contributed by atoms with Gasteiger partial charge >= 0.3 is 6.18 Å². The molecule has 0 spiro atoms. The summed E-state index contributed by atoms with van der Waals surface area (Å²) in [7, 11) is 0. The van der Waals surface area contributed by atoms with Crippen LogP contribution < -0.4 is 11.1 Å². The van der Waals surface area contributed by atoms with Gasteiger partial charge in [0.15, 0.2) is 0 Å². The van der Waals surface area contributed by atoms with Gasteiger partial charge in [-0.3, -0.25) is 4.79 Å². The monoisotopic (exact) mass is 254 g/mol. The van der Waals surface area contributed by atoms with E-state index in [0.717, 1.165) is 0 Å². The van der Waals surface area contributed by atoms with Gasteiger partial charge in [-0.15, -0.1) is 0 Å². The maximum atomic E-state index is 11.9. The van der Waals surface area contributed by atoms with E-state index in [1.54, 1.807) is 0 Å². The van der Waals surface area contributed by atoms with Crippen LogP contribution in [0.5, 0.6) is 0 Å². The molecule has 3 nitrogen and oxygen atoms in total. The number of rotatable bonds is 5. The summed E-state index contributed by atoms with van der Waals surface area (Å²) in [6, 6.07) is 0. The zero-order chi connectivity index (χ0) is 13.7. The fourth-order valence-corrected chi connectivity index (χ4v) is 1.49. The number of alkyl halides is 3. The van der Waals surface area contributed by atoms with Crippen molar-refractivity contribution in [2.45, 2.75) is 39.8 Å². The van der Waals surface area contributed by atoms with Crippen molar-refractivity contribution in [3.05, 3.63) is 0 Å². The first kappa shape index (κ1) is 16.2. The lowest BCUT2D eigenvalue weighted by Gasteiger charge is -2.24. The molecular formula is C11H21F3N2O. The molecule has 17 heavy (non-hydrogen) atoms. The summed E-state index contributed by atoms with van der Waals surface area (Å²) in [5.41, 5.74) is 5.38. The van der Waals surface area contributed by atoms with Gasteiger partial charge in [-0.1, -0.05) is 20.8 Å². The molecule has 0 aliphatic rings.